The van der Waals surface area contributed by atoms with Gasteiger partial charge < -0.3 is 15.2 Å². The minimum atomic E-state index is -0.0628. The van der Waals surface area contributed by atoms with Crippen molar-refractivity contribution in [2.24, 2.45) is 11.1 Å². The Balaban J connectivity index is 1.77. The van der Waals surface area contributed by atoms with Crippen LogP contribution in [0.5, 0.6) is 0 Å². The van der Waals surface area contributed by atoms with Crippen molar-refractivity contribution in [3.8, 4) is 0 Å². The maximum atomic E-state index is 13.2. The van der Waals surface area contributed by atoms with Crippen LogP contribution in [0.1, 0.15) is 47.6 Å². The molecular formula is C20H27N3O2S. The van der Waals surface area contributed by atoms with Gasteiger partial charge in [-0.3, -0.25) is 4.79 Å². The van der Waals surface area contributed by atoms with Crippen LogP contribution in [0.4, 0.5) is 0 Å². The quantitative estimate of drug-likeness (QED) is 0.826. The van der Waals surface area contributed by atoms with Gasteiger partial charge in [-0.05, 0) is 37.8 Å². The van der Waals surface area contributed by atoms with Crippen molar-refractivity contribution in [1.82, 2.24) is 10.1 Å². The Morgan fingerprint density at radius 1 is 1.38 bits per heavy atom. The van der Waals surface area contributed by atoms with Crippen molar-refractivity contribution in [1.29, 1.82) is 0 Å². The molecule has 1 saturated heterocycles. The molecule has 2 heterocycles. The molecule has 0 radical (unpaired) electrons. The van der Waals surface area contributed by atoms with E-state index in [1.54, 1.807) is 11.8 Å². The Hall–Kier alpha value is -1.79. The number of piperidine rings is 1. The maximum Gasteiger partial charge on any atom is 0.255 e. The predicted octanol–water partition coefficient (Wildman–Crippen LogP) is 3.78. The van der Waals surface area contributed by atoms with Gasteiger partial charge in [0.25, 0.3) is 5.91 Å². The molecule has 1 amide bonds. The number of hydrogen-bond acceptors (Lipinski definition) is 5. The molecule has 2 aromatic rings. The van der Waals surface area contributed by atoms with Crippen molar-refractivity contribution in [3.63, 3.8) is 0 Å². The lowest BCUT2D eigenvalue weighted by molar-refractivity contribution is 0.0529. The Labute approximate surface area is 159 Å². The van der Waals surface area contributed by atoms with Gasteiger partial charge >= 0.3 is 0 Å². The maximum absolute atomic E-state index is 13.2. The summed E-state index contributed by atoms with van der Waals surface area (Å²) in [6, 6.07) is 7.96. The summed E-state index contributed by atoms with van der Waals surface area (Å²) in [6.45, 7) is 9.54. The third-order valence-electron chi connectivity index (χ3n) is 5.27. The van der Waals surface area contributed by atoms with Crippen LogP contribution in [-0.4, -0.2) is 35.1 Å². The highest BCUT2D eigenvalue weighted by Gasteiger charge is 2.36. The van der Waals surface area contributed by atoms with Gasteiger partial charge in [0.2, 0.25) is 0 Å². The van der Waals surface area contributed by atoms with E-state index in [0.29, 0.717) is 13.1 Å². The van der Waals surface area contributed by atoms with Crippen molar-refractivity contribution in [2.75, 3.05) is 13.1 Å². The number of nitrogens with two attached hydrogens (primary N) is 1. The van der Waals surface area contributed by atoms with Gasteiger partial charge in [0.1, 0.15) is 5.76 Å². The number of benzene rings is 1. The van der Waals surface area contributed by atoms with E-state index >= 15 is 0 Å². The van der Waals surface area contributed by atoms with Gasteiger partial charge in [-0.2, -0.15) is 0 Å². The Kier molecular flexibility index (Phi) is 5.44. The molecule has 6 heteroatoms. The molecule has 2 N–H and O–H groups in total. The zero-order valence-electron chi connectivity index (χ0n) is 15.9. The lowest BCUT2D eigenvalue weighted by atomic mass is 9.79. The summed E-state index contributed by atoms with van der Waals surface area (Å²) in [5.41, 5.74) is 8.92. The van der Waals surface area contributed by atoms with E-state index in [1.807, 2.05) is 43.0 Å². The number of thioether (sulfide) groups is 1. The van der Waals surface area contributed by atoms with E-state index in [9.17, 15) is 4.79 Å². The summed E-state index contributed by atoms with van der Waals surface area (Å²) in [4.78, 5) is 16.1. The van der Waals surface area contributed by atoms with Gasteiger partial charge in [0.05, 0.1) is 11.3 Å². The average Bonchev–Trinajstić information content (AvgIpc) is 2.93. The van der Waals surface area contributed by atoms with E-state index < -0.39 is 0 Å². The van der Waals surface area contributed by atoms with Crippen molar-refractivity contribution < 1.29 is 9.32 Å². The number of amides is 1. The summed E-state index contributed by atoms with van der Waals surface area (Å²) >= 11 is 1.65. The largest absolute Gasteiger partial charge is 0.361 e. The Morgan fingerprint density at radius 2 is 2.12 bits per heavy atom. The summed E-state index contributed by atoms with van der Waals surface area (Å²) < 4.78 is 5.24. The minimum absolute atomic E-state index is 0.0628. The number of aryl methyl sites for hydroxylation is 2. The lowest BCUT2D eigenvalue weighted by Gasteiger charge is -2.42. The summed E-state index contributed by atoms with van der Waals surface area (Å²) in [7, 11) is 0. The van der Waals surface area contributed by atoms with Crippen LogP contribution in [0.25, 0.3) is 0 Å². The van der Waals surface area contributed by atoms with E-state index in [4.69, 9.17) is 10.3 Å². The van der Waals surface area contributed by atoms with Crippen molar-refractivity contribution in [2.45, 2.75) is 50.8 Å². The SMILES string of the molecule is Cc1noc(C)c1CSc1ccccc1C(=O)N1CCC(N)C(C)(C)C1. The zero-order valence-corrected chi connectivity index (χ0v) is 16.7. The summed E-state index contributed by atoms with van der Waals surface area (Å²) in [6.07, 6.45) is 0.840. The van der Waals surface area contributed by atoms with Crippen LogP contribution < -0.4 is 5.73 Å². The van der Waals surface area contributed by atoms with Gasteiger partial charge in [0, 0.05) is 35.3 Å². The van der Waals surface area contributed by atoms with Crippen LogP contribution in [0, 0.1) is 19.3 Å². The molecule has 26 heavy (non-hydrogen) atoms. The van der Waals surface area contributed by atoms with Crippen LogP contribution in [0.3, 0.4) is 0 Å². The predicted molar refractivity (Wildman–Crippen MR) is 104 cm³/mol. The third-order valence-corrected chi connectivity index (χ3v) is 6.37. The normalized spacial score (nSPS) is 19.6. The fourth-order valence-corrected chi connectivity index (χ4v) is 4.54. The number of likely N-dealkylation sites (tertiary alicyclic amines) is 1. The van der Waals surface area contributed by atoms with Gasteiger partial charge in [-0.25, -0.2) is 0 Å². The first-order chi connectivity index (χ1) is 12.3. The highest BCUT2D eigenvalue weighted by Crippen LogP contribution is 2.32. The first-order valence-electron chi connectivity index (χ1n) is 8.98. The second-order valence-corrected chi connectivity index (χ2v) is 8.72. The third kappa shape index (κ3) is 3.81. The molecule has 1 aromatic heterocycles. The van der Waals surface area contributed by atoms with E-state index in [0.717, 1.165) is 39.7 Å². The number of carbonyl (C=O) groups is 1. The summed E-state index contributed by atoms with van der Waals surface area (Å²) in [5, 5.41) is 4.01. The molecule has 1 aliphatic rings. The van der Waals surface area contributed by atoms with Gasteiger partial charge in [-0.1, -0.05) is 31.1 Å². The monoisotopic (exact) mass is 373 g/mol. The Morgan fingerprint density at radius 3 is 2.77 bits per heavy atom. The van der Waals surface area contributed by atoms with Crippen molar-refractivity contribution >= 4 is 17.7 Å². The molecule has 0 aliphatic carbocycles. The zero-order chi connectivity index (χ0) is 18.9. The second kappa shape index (κ2) is 7.45. The first-order valence-corrected chi connectivity index (χ1v) is 9.96. The van der Waals surface area contributed by atoms with Gasteiger partial charge in [0.15, 0.2) is 0 Å². The minimum Gasteiger partial charge on any atom is -0.361 e. The molecule has 0 saturated carbocycles. The molecule has 0 bridgehead atoms. The summed E-state index contributed by atoms with van der Waals surface area (Å²) in [5.74, 6) is 1.67. The highest BCUT2D eigenvalue weighted by atomic mass is 32.2. The fraction of sp³-hybridized carbons (Fsp3) is 0.500. The van der Waals surface area contributed by atoms with E-state index in [2.05, 4.69) is 19.0 Å². The highest BCUT2D eigenvalue weighted by molar-refractivity contribution is 7.98. The molecule has 1 aliphatic heterocycles. The lowest BCUT2D eigenvalue weighted by Crippen LogP contribution is -2.54. The van der Waals surface area contributed by atoms with Crippen LogP contribution in [-0.2, 0) is 5.75 Å². The number of aromatic nitrogens is 1. The number of carbonyl (C=O) groups excluding carboxylic acids is 1. The molecular weight excluding hydrogens is 346 g/mol. The molecule has 3 rings (SSSR count). The molecule has 0 spiro atoms. The van der Waals surface area contributed by atoms with Crippen molar-refractivity contribution in [3.05, 3.63) is 46.8 Å². The second-order valence-electron chi connectivity index (χ2n) is 7.70. The smallest absolute Gasteiger partial charge is 0.255 e. The molecule has 140 valence electrons. The van der Waals surface area contributed by atoms with Crippen LogP contribution in [0.2, 0.25) is 0 Å². The van der Waals surface area contributed by atoms with E-state index in [1.165, 1.54) is 0 Å². The van der Waals surface area contributed by atoms with Crippen LogP contribution >= 0.6 is 11.8 Å². The number of rotatable bonds is 4. The Bertz CT molecular complexity index is 781. The standard InChI is InChI=1S/C20H27N3O2S/c1-13-16(14(2)25-22-13)11-26-17-8-6-5-7-15(17)19(24)23-10-9-18(21)20(3,4)12-23/h5-8,18H,9-12,21H2,1-4H3. The van der Waals surface area contributed by atoms with E-state index in [-0.39, 0.29) is 17.4 Å². The molecule has 1 unspecified atom stereocenters. The molecule has 1 fully saturated rings. The number of nitrogens with zero attached hydrogens (tertiary/aromatic N) is 2. The van der Waals surface area contributed by atoms with Gasteiger partial charge in [-0.15, -0.1) is 11.8 Å². The average molecular weight is 374 g/mol. The number of hydrogen-bond donors (Lipinski definition) is 1. The first kappa shape index (κ1) is 19.0. The molecule has 5 nitrogen and oxygen atoms in total. The topological polar surface area (TPSA) is 72.4 Å². The van der Waals surface area contributed by atoms with Crippen LogP contribution in [0.15, 0.2) is 33.7 Å². The fourth-order valence-electron chi connectivity index (χ4n) is 3.34. The molecule has 1 atom stereocenters. The molecule has 1 aromatic carbocycles.